The molecule has 1 fully saturated rings. The van der Waals surface area contributed by atoms with Gasteiger partial charge in [-0.25, -0.2) is 4.98 Å². The third kappa shape index (κ3) is 3.96. The van der Waals surface area contributed by atoms with Crippen molar-refractivity contribution in [1.29, 1.82) is 0 Å². The molecule has 1 aromatic heterocycles. The zero-order valence-electron chi connectivity index (χ0n) is 16.0. The van der Waals surface area contributed by atoms with Gasteiger partial charge in [0.15, 0.2) is 16.6 Å². The molecule has 1 aliphatic heterocycles. The van der Waals surface area contributed by atoms with Crippen molar-refractivity contribution in [3.8, 4) is 11.5 Å². The van der Waals surface area contributed by atoms with Crippen molar-refractivity contribution in [2.45, 2.75) is 32.2 Å². The molecule has 0 spiro atoms. The van der Waals surface area contributed by atoms with Crippen LogP contribution in [-0.4, -0.2) is 42.5 Å². The molecule has 2 aliphatic rings. The van der Waals surface area contributed by atoms with E-state index in [1.54, 1.807) is 14.2 Å². The lowest BCUT2D eigenvalue weighted by molar-refractivity contribution is -0.131. The van der Waals surface area contributed by atoms with Gasteiger partial charge < -0.3 is 19.7 Å². The molecule has 0 atom stereocenters. The second kappa shape index (κ2) is 7.79. The van der Waals surface area contributed by atoms with Crippen LogP contribution in [0.2, 0.25) is 0 Å². The quantitative estimate of drug-likeness (QED) is 0.805. The van der Waals surface area contributed by atoms with Gasteiger partial charge in [-0.2, -0.15) is 0 Å². The fourth-order valence-electron chi connectivity index (χ4n) is 3.36. The van der Waals surface area contributed by atoms with E-state index in [1.165, 1.54) is 16.9 Å². The summed E-state index contributed by atoms with van der Waals surface area (Å²) in [5.41, 5.74) is 2.95. The van der Waals surface area contributed by atoms with E-state index in [9.17, 15) is 9.59 Å². The molecule has 148 valence electrons. The van der Waals surface area contributed by atoms with E-state index in [0.29, 0.717) is 35.4 Å². The molecule has 8 heteroatoms. The predicted octanol–water partition coefficient (Wildman–Crippen LogP) is 2.64. The third-order valence-corrected chi connectivity index (χ3v) is 5.94. The molecule has 1 saturated carbocycles. The second-order valence-electron chi connectivity index (χ2n) is 7.13. The van der Waals surface area contributed by atoms with Crippen LogP contribution in [0.5, 0.6) is 11.5 Å². The van der Waals surface area contributed by atoms with Gasteiger partial charge in [-0.05, 0) is 42.5 Å². The van der Waals surface area contributed by atoms with Crippen LogP contribution in [0.3, 0.4) is 0 Å². The molecule has 2 amide bonds. The normalized spacial score (nSPS) is 15.7. The number of rotatable bonds is 6. The number of aromatic nitrogens is 1. The highest BCUT2D eigenvalue weighted by molar-refractivity contribution is 7.13. The lowest BCUT2D eigenvalue weighted by Crippen LogP contribution is -2.37. The van der Waals surface area contributed by atoms with E-state index in [4.69, 9.17) is 9.47 Å². The van der Waals surface area contributed by atoms with Crippen LogP contribution in [0.15, 0.2) is 17.5 Å². The zero-order chi connectivity index (χ0) is 19.7. The van der Waals surface area contributed by atoms with Crippen LogP contribution >= 0.6 is 11.3 Å². The molecule has 28 heavy (non-hydrogen) atoms. The first-order chi connectivity index (χ1) is 13.6. The van der Waals surface area contributed by atoms with Gasteiger partial charge in [-0.3, -0.25) is 9.59 Å². The Morgan fingerprint density at radius 2 is 1.93 bits per heavy atom. The highest BCUT2D eigenvalue weighted by atomic mass is 32.1. The Hall–Kier alpha value is -2.61. The molecule has 1 aliphatic carbocycles. The topological polar surface area (TPSA) is 80.8 Å². The van der Waals surface area contributed by atoms with Crippen LogP contribution in [-0.2, 0) is 29.0 Å². The standard InChI is InChI=1S/C20H23N3O4S/c1-26-16-7-13-5-6-23(10-14(13)8-17(16)27-2)18(24)9-15-11-28-20(21-15)22-19(25)12-3-4-12/h7-8,11-12H,3-6,9-10H2,1-2H3,(H,21,22,25). The van der Waals surface area contributed by atoms with Gasteiger partial charge in [0.25, 0.3) is 0 Å². The Morgan fingerprint density at radius 3 is 2.61 bits per heavy atom. The zero-order valence-corrected chi connectivity index (χ0v) is 16.8. The minimum Gasteiger partial charge on any atom is -0.493 e. The molecule has 7 nitrogen and oxygen atoms in total. The molecule has 0 unspecified atom stereocenters. The molecule has 1 aromatic carbocycles. The van der Waals surface area contributed by atoms with Gasteiger partial charge in [0, 0.05) is 24.4 Å². The maximum atomic E-state index is 12.8. The van der Waals surface area contributed by atoms with Crippen LogP contribution in [0.1, 0.15) is 29.7 Å². The van der Waals surface area contributed by atoms with Crippen molar-refractivity contribution in [3.63, 3.8) is 0 Å². The van der Waals surface area contributed by atoms with E-state index in [0.717, 1.165) is 24.8 Å². The molecule has 2 aromatic rings. The van der Waals surface area contributed by atoms with Crippen LogP contribution in [0.25, 0.3) is 0 Å². The molecule has 0 radical (unpaired) electrons. The van der Waals surface area contributed by atoms with Crippen LogP contribution in [0, 0.1) is 5.92 Å². The Balaban J connectivity index is 1.39. The molecule has 4 rings (SSSR count). The van der Waals surface area contributed by atoms with Crippen LogP contribution in [0.4, 0.5) is 5.13 Å². The highest BCUT2D eigenvalue weighted by Crippen LogP contribution is 2.33. The number of ether oxygens (including phenoxy) is 2. The van der Waals surface area contributed by atoms with Crippen molar-refractivity contribution in [3.05, 3.63) is 34.3 Å². The minimum absolute atomic E-state index is 0.0317. The number of carbonyl (C=O) groups is 2. The smallest absolute Gasteiger partial charge is 0.229 e. The third-order valence-electron chi connectivity index (χ3n) is 5.13. The van der Waals surface area contributed by atoms with Gasteiger partial charge in [0.2, 0.25) is 11.8 Å². The molecule has 1 N–H and O–H groups in total. The van der Waals surface area contributed by atoms with Gasteiger partial charge in [-0.15, -0.1) is 11.3 Å². The average Bonchev–Trinajstić information content (AvgIpc) is 3.48. The summed E-state index contributed by atoms with van der Waals surface area (Å²) in [5.74, 6) is 1.59. The number of nitrogens with one attached hydrogen (secondary N) is 1. The van der Waals surface area contributed by atoms with E-state index in [1.807, 2.05) is 22.4 Å². The fourth-order valence-corrected chi connectivity index (χ4v) is 4.07. The van der Waals surface area contributed by atoms with E-state index >= 15 is 0 Å². The highest BCUT2D eigenvalue weighted by Gasteiger charge is 2.30. The summed E-state index contributed by atoms with van der Waals surface area (Å²) in [6.45, 7) is 1.21. The molecular formula is C20H23N3O4S. The van der Waals surface area contributed by atoms with E-state index in [-0.39, 0.29) is 24.2 Å². The van der Waals surface area contributed by atoms with Gasteiger partial charge in [-0.1, -0.05) is 0 Å². The number of nitrogens with zero attached hydrogens (tertiary/aromatic N) is 2. The van der Waals surface area contributed by atoms with E-state index in [2.05, 4.69) is 10.3 Å². The SMILES string of the molecule is COc1cc2c(cc1OC)CN(C(=O)Cc1csc(NC(=O)C3CC3)n1)CC2. The summed E-state index contributed by atoms with van der Waals surface area (Å²) in [4.78, 5) is 30.8. The summed E-state index contributed by atoms with van der Waals surface area (Å²) in [7, 11) is 3.23. The molecule has 0 bridgehead atoms. The number of benzene rings is 1. The van der Waals surface area contributed by atoms with E-state index < -0.39 is 0 Å². The van der Waals surface area contributed by atoms with Crippen molar-refractivity contribution in [2.24, 2.45) is 5.92 Å². The number of amides is 2. The number of carbonyl (C=O) groups excluding carboxylic acids is 2. The molecular weight excluding hydrogens is 378 g/mol. The number of hydrogen-bond acceptors (Lipinski definition) is 6. The predicted molar refractivity (Wildman–Crippen MR) is 106 cm³/mol. The maximum Gasteiger partial charge on any atom is 0.229 e. The Morgan fingerprint density at radius 1 is 1.21 bits per heavy atom. The van der Waals surface area contributed by atoms with Crippen molar-refractivity contribution in [2.75, 3.05) is 26.1 Å². The first-order valence-electron chi connectivity index (χ1n) is 9.34. The number of methoxy groups -OCH3 is 2. The molecule has 0 saturated heterocycles. The largest absolute Gasteiger partial charge is 0.493 e. The van der Waals surface area contributed by atoms with Crippen molar-refractivity contribution >= 4 is 28.3 Å². The number of thiazole rings is 1. The maximum absolute atomic E-state index is 12.8. The Kier molecular flexibility index (Phi) is 5.21. The Bertz CT molecular complexity index is 907. The molecule has 2 heterocycles. The lowest BCUT2D eigenvalue weighted by atomic mass is 9.98. The average molecular weight is 401 g/mol. The van der Waals surface area contributed by atoms with Gasteiger partial charge >= 0.3 is 0 Å². The second-order valence-corrected chi connectivity index (χ2v) is 7.98. The van der Waals surface area contributed by atoms with Gasteiger partial charge in [0.1, 0.15) is 0 Å². The first kappa shape index (κ1) is 18.7. The number of anilines is 1. The summed E-state index contributed by atoms with van der Waals surface area (Å²) in [6, 6.07) is 3.94. The van der Waals surface area contributed by atoms with Crippen molar-refractivity contribution in [1.82, 2.24) is 9.88 Å². The fraction of sp³-hybridized carbons (Fsp3) is 0.450. The summed E-state index contributed by atoms with van der Waals surface area (Å²) in [6.07, 6.45) is 2.92. The van der Waals surface area contributed by atoms with Gasteiger partial charge in [0.05, 0.1) is 26.3 Å². The minimum atomic E-state index is 0.0317. The summed E-state index contributed by atoms with van der Waals surface area (Å²) in [5, 5.41) is 5.24. The Labute approximate surface area is 167 Å². The lowest BCUT2D eigenvalue weighted by Gasteiger charge is -2.29. The summed E-state index contributed by atoms with van der Waals surface area (Å²) < 4.78 is 10.7. The summed E-state index contributed by atoms with van der Waals surface area (Å²) >= 11 is 1.37. The number of fused-ring (bicyclic) bond motifs is 1. The van der Waals surface area contributed by atoms with Crippen LogP contribution < -0.4 is 14.8 Å². The number of hydrogen-bond donors (Lipinski definition) is 1. The monoisotopic (exact) mass is 401 g/mol. The van der Waals surface area contributed by atoms with Crippen molar-refractivity contribution < 1.29 is 19.1 Å². The first-order valence-corrected chi connectivity index (χ1v) is 10.2.